The molecule has 0 aromatic rings. The minimum absolute atomic E-state index is 0.695. The predicted octanol–water partition coefficient (Wildman–Crippen LogP) is -2.28. The van der Waals surface area contributed by atoms with E-state index in [1.165, 1.54) is 0 Å². The Morgan fingerprint density at radius 1 is 1.07 bits per heavy atom. The second kappa shape index (κ2) is 2.67. The zero-order valence-corrected chi connectivity index (χ0v) is 7.39. The lowest BCUT2D eigenvalue weighted by molar-refractivity contribution is -0.320. The highest BCUT2D eigenvalue weighted by Gasteiger charge is 2.57. The number of carbonyl (C=O) groups is 3. The van der Waals surface area contributed by atoms with Crippen molar-refractivity contribution in [2.24, 2.45) is 5.73 Å². The molecular formula is C7H7NO7. The van der Waals surface area contributed by atoms with E-state index in [-0.39, 0.29) is 0 Å². The number of ether oxygens (including phenoxy) is 3. The second-order valence-electron chi connectivity index (χ2n) is 3.33. The number of hydrogen-bond acceptors (Lipinski definition) is 8. The molecule has 0 aromatic carbocycles. The van der Waals surface area contributed by atoms with Crippen molar-refractivity contribution in [1.82, 2.24) is 0 Å². The van der Waals surface area contributed by atoms with Gasteiger partial charge >= 0.3 is 24.0 Å². The van der Waals surface area contributed by atoms with Crippen LogP contribution in [0.25, 0.3) is 0 Å². The zero-order chi connectivity index (χ0) is 11.3. The van der Waals surface area contributed by atoms with Gasteiger partial charge in [0.1, 0.15) is 0 Å². The van der Waals surface area contributed by atoms with Crippen LogP contribution in [0.2, 0.25) is 0 Å². The van der Waals surface area contributed by atoms with Crippen LogP contribution < -0.4 is 5.73 Å². The van der Waals surface area contributed by atoms with E-state index in [2.05, 4.69) is 14.2 Å². The maximum Gasteiger partial charge on any atom is 0.496 e. The SMILES string of the molecule is NC12OC(=O)CC(O)(CC(=O)O1)C(=O)O2. The van der Waals surface area contributed by atoms with Crippen molar-refractivity contribution in [3.05, 3.63) is 0 Å². The number of hydrogen-bond donors (Lipinski definition) is 2. The van der Waals surface area contributed by atoms with Crippen LogP contribution in [0.1, 0.15) is 12.8 Å². The molecule has 0 unspecified atom stereocenters. The summed E-state index contributed by atoms with van der Waals surface area (Å²) in [5.74, 6) is -3.20. The molecule has 8 heteroatoms. The molecule has 2 aliphatic heterocycles. The summed E-state index contributed by atoms with van der Waals surface area (Å²) in [5, 5.41) is 9.67. The Morgan fingerprint density at radius 2 is 1.53 bits per heavy atom. The molecule has 0 aromatic heterocycles. The molecule has 2 aliphatic rings. The van der Waals surface area contributed by atoms with Crippen LogP contribution in [0.3, 0.4) is 0 Å². The largest absolute Gasteiger partial charge is 0.496 e. The van der Waals surface area contributed by atoms with Gasteiger partial charge in [-0.1, -0.05) is 0 Å². The molecule has 0 atom stereocenters. The molecule has 3 N–H and O–H groups in total. The summed E-state index contributed by atoms with van der Waals surface area (Å²) in [6.07, 6.45) is -3.95. The Morgan fingerprint density at radius 3 is 2.00 bits per heavy atom. The van der Waals surface area contributed by atoms with Crippen molar-refractivity contribution in [1.29, 1.82) is 0 Å². The van der Waals surface area contributed by atoms with E-state index < -0.39 is 42.4 Å². The van der Waals surface area contributed by atoms with Gasteiger partial charge in [0.15, 0.2) is 5.60 Å². The van der Waals surface area contributed by atoms with Crippen molar-refractivity contribution in [2.45, 2.75) is 24.5 Å². The van der Waals surface area contributed by atoms with Gasteiger partial charge in [-0.2, -0.15) is 0 Å². The molecule has 2 fully saturated rings. The van der Waals surface area contributed by atoms with Gasteiger partial charge in [0.25, 0.3) is 0 Å². The van der Waals surface area contributed by atoms with Gasteiger partial charge in [-0.25, -0.2) is 10.5 Å². The van der Waals surface area contributed by atoms with Crippen LogP contribution in [-0.4, -0.2) is 34.7 Å². The second-order valence-corrected chi connectivity index (χ2v) is 3.33. The molecule has 0 saturated carbocycles. The van der Waals surface area contributed by atoms with Crippen molar-refractivity contribution < 1.29 is 33.7 Å². The Balaban J connectivity index is 2.47. The molecule has 0 aliphatic carbocycles. The van der Waals surface area contributed by atoms with Gasteiger partial charge in [-0.3, -0.25) is 9.59 Å². The van der Waals surface area contributed by atoms with Crippen LogP contribution in [0.4, 0.5) is 0 Å². The fourth-order valence-electron chi connectivity index (χ4n) is 1.36. The summed E-state index contributed by atoms with van der Waals surface area (Å²) in [6, 6.07) is 0. The summed E-state index contributed by atoms with van der Waals surface area (Å²) >= 11 is 0. The fourth-order valence-corrected chi connectivity index (χ4v) is 1.36. The standard InChI is InChI=1S/C7H7NO7/c8-7-13-3(9)1-6(12,5(11)15-7)2-4(10)14-7/h12H,1-2,8H2. The van der Waals surface area contributed by atoms with E-state index in [9.17, 15) is 19.5 Å². The number of carbonyl (C=O) groups excluding carboxylic acids is 3. The quantitative estimate of drug-likeness (QED) is 0.435. The average Bonchev–Trinajstić information content (AvgIpc) is 2.09. The average molecular weight is 217 g/mol. The van der Waals surface area contributed by atoms with Gasteiger partial charge in [0.05, 0.1) is 12.8 Å². The highest BCUT2D eigenvalue weighted by atomic mass is 16.9. The third kappa shape index (κ3) is 1.53. The molecule has 0 radical (unpaired) electrons. The van der Waals surface area contributed by atoms with Crippen molar-refractivity contribution in [3.63, 3.8) is 0 Å². The number of aliphatic hydroxyl groups is 1. The number of fused-ring (bicyclic) bond motifs is 3. The molecule has 2 bridgehead atoms. The monoisotopic (exact) mass is 217 g/mol. The molecule has 0 spiro atoms. The summed E-state index contributed by atoms with van der Waals surface area (Å²) < 4.78 is 13.1. The maximum atomic E-state index is 11.3. The Kier molecular flexibility index (Phi) is 1.76. The lowest BCUT2D eigenvalue weighted by Crippen LogP contribution is -2.50. The molecule has 82 valence electrons. The van der Waals surface area contributed by atoms with Crippen LogP contribution >= 0.6 is 0 Å². The number of rotatable bonds is 0. The van der Waals surface area contributed by atoms with Gasteiger partial charge in [-0.05, 0) is 0 Å². The maximum absolute atomic E-state index is 11.3. The van der Waals surface area contributed by atoms with Gasteiger partial charge in [-0.15, -0.1) is 0 Å². The first-order chi connectivity index (χ1) is 6.83. The summed E-state index contributed by atoms with van der Waals surface area (Å²) in [5.41, 5.74) is 2.93. The summed E-state index contributed by atoms with van der Waals surface area (Å²) in [7, 11) is 0. The van der Waals surface area contributed by atoms with Crippen LogP contribution in [0, 0.1) is 0 Å². The van der Waals surface area contributed by atoms with E-state index >= 15 is 0 Å². The topological polar surface area (TPSA) is 125 Å². The smallest absolute Gasteiger partial charge is 0.377 e. The predicted molar refractivity (Wildman–Crippen MR) is 39.4 cm³/mol. The van der Waals surface area contributed by atoms with E-state index in [1.54, 1.807) is 0 Å². The number of esters is 3. The number of nitrogens with two attached hydrogens (primary N) is 1. The first-order valence-electron chi connectivity index (χ1n) is 4.01. The molecule has 2 rings (SSSR count). The van der Waals surface area contributed by atoms with E-state index in [0.29, 0.717) is 0 Å². The third-order valence-corrected chi connectivity index (χ3v) is 2.00. The molecular weight excluding hydrogens is 210 g/mol. The molecule has 2 saturated heterocycles. The normalized spacial score (nSPS) is 40.0. The van der Waals surface area contributed by atoms with Gasteiger partial charge < -0.3 is 19.3 Å². The Labute approximate surface area is 82.9 Å². The van der Waals surface area contributed by atoms with Crippen molar-refractivity contribution >= 4 is 17.9 Å². The first-order valence-corrected chi connectivity index (χ1v) is 4.01. The van der Waals surface area contributed by atoms with E-state index in [1.807, 2.05) is 0 Å². The minimum atomic E-state index is -2.56. The van der Waals surface area contributed by atoms with Crippen LogP contribution in [-0.2, 0) is 28.6 Å². The van der Waals surface area contributed by atoms with Crippen molar-refractivity contribution in [3.8, 4) is 0 Å². The molecule has 15 heavy (non-hydrogen) atoms. The zero-order valence-electron chi connectivity index (χ0n) is 7.39. The molecule has 0 amide bonds. The molecule has 8 nitrogen and oxygen atoms in total. The highest BCUT2D eigenvalue weighted by Crippen LogP contribution is 2.31. The summed E-state index contributed by atoms with van der Waals surface area (Å²) in [6.45, 7) is 0. The van der Waals surface area contributed by atoms with Crippen molar-refractivity contribution in [2.75, 3.05) is 0 Å². The third-order valence-electron chi connectivity index (χ3n) is 2.00. The lowest BCUT2D eigenvalue weighted by atomic mass is 9.96. The fraction of sp³-hybridized carbons (Fsp3) is 0.571. The van der Waals surface area contributed by atoms with E-state index in [4.69, 9.17) is 5.73 Å². The van der Waals surface area contributed by atoms with Gasteiger partial charge in [0, 0.05) is 0 Å². The first kappa shape index (κ1) is 9.87. The molecule has 2 heterocycles. The highest BCUT2D eigenvalue weighted by molar-refractivity contribution is 5.92. The Hall–Kier alpha value is -1.67. The van der Waals surface area contributed by atoms with Crippen LogP contribution in [0.5, 0.6) is 0 Å². The lowest BCUT2D eigenvalue weighted by Gasteiger charge is -2.23. The summed E-state index contributed by atoms with van der Waals surface area (Å²) in [4.78, 5) is 33.4. The Bertz CT molecular complexity index is 342. The van der Waals surface area contributed by atoms with E-state index in [0.717, 1.165) is 0 Å². The minimum Gasteiger partial charge on any atom is -0.377 e. The van der Waals surface area contributed by atoms with Gasteiger partial charge in [0.2, 0.25) is 0 Å². The van der Waals surface area contributed by atoms with Crippen LogP contribution in [0.15, 0.2) is 0 Å².